The first-order chi connectivity index (χ1) is 18.0. The van der Waals surface area contributed by atoms with Crippen molar-refractivity contribution in [3.63, 3.8) is 0 Å². The molecule has 0 bridgehead atoms. The summed E-state index contributed by atoms with van der Waals surface area (Å²) in [7, 11) is 1.68. The molecule has 37 heavy (non-hydrogen) atoms. The summed E-state index contributed by atoms with van der Waals surface area (Å²) in [4.78, 5) is 27.1. The second-order valence-electron chi connectivity index (χ2n) is 7.88. The van der Waals surface area contributed by atoms with Gasteiger partial charge in [-0.2, -0.15) is 0 Å². The molecule has 1 heterocycles. The van der Waals surface area contributed by atoms with Gasteiger partial charge in [0.15, 0.2) is 11.5 Å². The lowest BCUT2D eigenvalue weighted by molar-refractivity contribution is 0.0853. The average Bonchev–Trinajstić information content (AvgIpc) is 3.37. The van der Waals surface area contributed by atoms with E-state index in [2.05, 4.69) is 4.74 Å². The molecule has 3 aromatic carbocycles. The Hall–Kier alpha value is -3.40. The topological polar surface area (TPSA) is 91.1 Å². The lowest BCUT2D eigenvalue weighted by Gasteiger charge is -2.21. The number of nitrogens with zero attached hydrogens (tertiary/aromatic N) is 1. The number of benzene rings is 3. The van der Waals surface area contributed by atoms with E-state index in [0.717, 1.165) is 23.5 Å². The Morgan fingerprint density at radius 1 is 0.892 bits per heavy atom. The maximum atomic E-state index is 13.4. The van der Waals surface area contributed by atoms with Crippen LogP contribution in [0.3, 0.4) is 0 Å². The normalized spacial score (nSPS) is 12.5. The van der Waals surface area contributed by atoms with E-state index in [0.29, 0.717) is 10.9 Å². The third-order valence-electron chi connectivity index (χ3n) is 5.35. The number of nitrogens with two attached hydrogens (primary N) is 1. The highest BCUT2D eigenvalue weighted by Crippen LogP contribution is 2.38. The van der Waals surface area contributed by atoms with Crippen LogP contribution in [0.2, 0.25) is 0 Å². The van der Waals surface area contributed by atoms with Crippen LogP contribution in [0.4, 0.5) is 0 Å². The van der Waals surface area contributed by atoms with Gasteiger partial charge in [-0.3, -0.25) is 14.5 Å². The van der Waals surface area contributed by atoms with Gasteiger partial charge in [0.2, 0.25) is 0 Å². The standard InChI is InChI=1S/C25H22N2O4S2.C3H8O/c26-23(28)19-11-12-20(24(29)27-13-14-33-25(27)32)22(31-16-18-9-5-2-6-10-18)21(19)30-15-17-7-3-1-4-8-17;1-3-4-2/h1-12H,13-16H2,(H2,26,28);3H2,1-2H3. The highest BCUT2D eigenvalue weighted by atomic mass is 32.2. The van der Waals surface area contributed by atoms with E-state index < -0.39 is 5.91 Å². The second-order valence-corrected chi connectivity index (χ2v) is 9.61. The molecular weight excluding hydrogens is 508 g/mol. The Labute approximate surface area is 226 Å². The van der Waals surface area contributed by atoms with Gasteiger partial charge in [0.05, 0.1) is 11.1 Å². The van der Waals surface area contributed by atoms with Gasteiger partial charge >= 0.3 is 0 Å². The van der Waals surface area contributed by atoms with Gasteiger partial charge in [0, 0.05) is 26.0 Å². The number of carbonyl (C=O) groups excluding carboxylic acids is 2. The molecule has 1 fully saturated rings. The summed E-state index contributed by atoms with van der Waals surface area (Å²) in [5.74, 6) is 0.0887. The highest BCUT2D eigenvalue weighted by molar-refractivity contribution is 8.23. The number of thioether (sulfide) groups is 1. The van der Waals surface area contributed by atoms with Crippen LogP contribution in [-0.4, -0.2) is 47.0 Å². The Bertz CT molecular complexity index is 1200. The van der Waals surface area contributed by atoms with Gasteiger partial charge in [-0.05, 0) is 30.2 Å². The minimum Gasteiger partial charge on any atom is -0.484 e. The molecule has 9 heteroatoms. The molecule has 0 aromatic heterocycles. The molecule has 2 N–H and O–H groups in total. The summed E-state index contributed by atoms with van der Waals surface area (Å²) in [6.07, 6.45) is 0. The summed E-state index contributed by atoms with van der Waals surface area (Å²) in [5, 5.41) is 0. The fraction of sp³-hybridized carbons (Fsp3) is 0.250. The van der Waals surface area contributed by atoms with Crippen molar-refractivity contribution in [1.82, 2.24) is 4.90 Å². The molecule has 4 rings (SSSR count). The van der Waals surface area contributed by atoms with Crippen molar-refractivity contribution in [3.8, 4) is 11.5 Å². The lowest BCUT2D eigenvalue weighted by Crippen LogP contribution is -2.31. The molecule has 0 atom stereocenters. The minimum absolute atomic E-state index is 0.143. The molecule has 0 unspecified atom stereocenters. The Kier molecular flexibility index (Phi) is 10.9. The Morgan fingerprint density at radius 3 is 1.81 bits per heavy atom. The monoisotopic (exact) mass is 538 g/mol. The number of ether oxygens (including phenoxy) is 3. The number of methoxy groups -OCH3 is 1. The van der Waals surface area contributed by atoms with Crippen LogP contribution in [-0.2, 0) is 18.0 Å². The molecule has 0 aliphatic carbocycles. The van der Waals surface area contributed by atoms with E-state index >= 15 is 0 Å². The molecule has 1 saturated heterocycles. The predicted molar refractivity (Wildman–Crippen MR) is 150 cm³/mol. The first kappa shape index (κ1) is 28.2. The maximum absolute atomic E-state index is 13.4. The van der Waals surface area contributed by atoms with Crippen LogP contribution in [0, 0.1) is 0 Å². The molecular formula is C28H30N2O5S2. The summed E-state index contributed by atoms with van der Waals surface area (Å²) in [5.41, 5.74) is 7.85. The van der Waals surface area contributed by atoms with Crippen LogP contribution in [0.25, 0.3) is 0 Å². The Balaban J connectivity index is 0.000000886. The fourth-order valence-electron chi connectivity index (χ4n) is 3.39. The second kappa shape index (κ2) is 14.4. The zero-order valence-corrected chi connectivity index (χ0v) is 22.5. The van der Waals surface area contributed by atoms with Crippen molar-refractivity contribution in [2.75, 3.05) is 26.0 Å². The van der Waals surface area contributed by atoms with Crippen molar-refractivity contribution in [2.45, 2.75) is 20.1 Å². The maximum Gasteiger partial charge on any atom is 0.263 e. The number of rotatable bonds is 9. The summed E-state index contributed by atoms with van der Waals surface area (Å²) >= 11 is 6.79. The summed E-state index contributed by atoms with van der Waals surface area (Å²) < 4.78 is 17.2. The molecule has 194 valence electrons. The van der Waals surface area contributed by atoms with E-state index in [1.165, 1.54) is 22.7 Å². The predicted octanol–water partition coefficient (Wildman–Crippen LogP) is 5.07. The number of primary amides is 1. The van der Waals surface area contributed by atoms with Crippen molar-refractivity contribution >= 4 is 40.1 Å². The van der Waals surface area contributed by atoms with Gasteiger partial charge in [0.25, 0.3) is 11.8 Å². The SMILES string of the molecule is CCOC.NC(=O)c1ccc(C(=O)N2CCSC2=S)c(OCc2ccccc2)c1OCc1ccccc1. The van der Waals surface area contributed by atoms with Crippen molar-refractivity contribution < 1.29 is 23.8 Å². The number of thiocarbonyl (C=S) groups is 1. The zero-order valence-electron chi connectivity index (χ0n) is 20.8. The van der Waals surface area contributed by atoms with Crippen LogP contribution >= 0.6 is 24.0 Å². The minimum atomic E-state index is -0.672. The van der Waals surface area contributed by atoms with Crippen LogP contribution < -0.4 is 15.2 Å². The quantitative estimate of drug-likeness (QED) is 0.380. The van der Waals surface area contributed by atoms with Gasteiger partial charge < -0.3 is 19.9 Å². The summed E-state index contributed by atoms with van der Waals surface area (Å²) in [6.45, 7) is 3.65. The molecule has 2 amide bonds. The molecule has 1 aliphatic heterocycles. The van der Waals surface area contributed by atoms with Crippen LogP contribution in [0.1, 0.15) is 38.8 Å². The first-order valence-electron chi connectivity index (χ1n) is 11.7. The van der Waals surface area contributed by atoms with E-state index in [1.807, 2.05) is 67.6 Å². The van der Waals surface area contributed by atoms with Crippen LogP contribution in [0.15, 0.2) is 72.8 Å². The van der Waals surface area contributed by atoms with Crippen molar-refractivity contribution in [1.29, 1.82) is 0 Å². The average molecular weight is 539 g/mol. The molecule has 7 nitrogen and oxygen atoms in total. The van der Waals surface area contributed by atoms with Crippen molar-refractivity contribution in [2.24, 2.45) is 5.73 Å². The molecule has 0 radical (unpaired) electrons. The molecule has 3 aromatic rings. The van der Waals surface area contributed by atoms with E-state index in [1.54, 1.807) is 13.2 Å². The largest absolute Gasteiger partial charge is 0.484 e. The lowest BCUT2D eigenvalue weighted by atomic mass is 10.1. The third kappa shape index (κ3) is 7.79. The number of carbonyl (C=O) groups is 2. The molecule has 1 aliphatic rings. The summed E-state index contributed by atoms with van der Waals surface area (Å²) in [6, 6.07) is 22.1. The highest BCUT2D eigenvalue weighted by Gasteiger charge is 2.30. The molecule has 0 saturated carbocycles. The molecule has 0 spiro atoms. The van der Waals surface area contributed by atoms with Crippen molar-refractivity contribution in [3.05, 3.63) is 95.1 Å². The fourth-order valence-corrected chi connectivity index (χ4v) is 4.60. The van der Waals surface area contributed by atoms with E-state index in [9.17, 15) is 9.59 Å². The van der Waals surface area contributed by atoms with Gasteiger partial charge in [-0.15, -0.1) is 0 Å². The van der Waals surface area contributed by atoms with Gasteiger partial charge in [0.1, 0.15) is 17.5 Å². The zero-order chi connectivity index (χ0) is 26.6. The number of hydrogen-bond acceptors (Lipinski definition) is 7. The smallest absolute Gasteiger partial charge is 0.263 e. The van der Waals surface area contributed by atoms with E-state index in [4.69, 9.17) is 27.4 Å². The number of amides is 2. The van der Waals surface area contributed by atoms with Gasteiger partial charge in [-0.25, -0.2) is 0 Å². The third-order valence-corrected chi connectivity index (χ3v) is 6.78. The van der Waals surface area contributed by atoms with Gasteiger partial charge in [-0.1, -0.05) is 84.6 Å². The number of hydrogen-bond donors (Lipinski definition) is 1. The Morgan fingerprint density at radius 2 is 1.38 bits per heavy atom. The van der Waals surface area contributed by atoms with E-state index in [-0.39, 0.29) is 41.7 Å². The van der Waals surface area contributed by atoms with Crippen LogP contribution in [0.5, 0.6) is 11.5 Å². The first-order valence-corrected chi connectivity index (χ1v) is 13.1.